The highest BCUT2D eigenvalue weighted by molar-refractivity contribution is 7.89. The van der Waals surface area contributed by atoms with Gasteiger partial charge in [-0.05, 0) is 44.5 Å². The molecule has 0 bridgehead atoms. The molecule has 0 spiro atoms. The molecule has 0 aromatic heterocycles. The minimum absolute atomic E-state index is 0.0363. The third-order valence-electron chi connectivity index (χ3n) is 3.29. The predicted molar refractivity (Wildman–Crippen MR) is 72.6 cm³/mol. The van der Waals surface area contributed by atoms with Crippen molar-refractivity contribution in [1.29, 1.82) is 5.26 Å². The number of carboxylic acids is 1. The number of carbonyl (C=O) groups is 1. The van der Waals surface area contributed by atoms with E-state index in [-0.39, 0.29) is 4.90 Å². The molecule has 6 nitrogen and oxygen atoms in total. The molecular formula is C13H16N2O4S. The molecule has 0 saturated carbocycles. The van der Waals surface area contributed by atoms with Crippen LogP contribution in [0.2, 0.25) is 0 Å². The second kappa shape index (κ2) is 5.23. The lowest BCUT2D eigenvalue weighted by molar-refractivity contribution is -0.145. The Hall–Kier alpha value is -1.91. The Kier molecular flexibility index (Phi) is 4.22. The molecule has 0 radical (unpaired) electrons. The Labute approximate surface area is 118 Å². The summed E-state index contributed by atoms with van der Waals surface area (Å²) >= 11 is 0. The standard InChI is InChI=1S/C13H16N2O4S/c1-9-7-11(6-5-10(9)8-14)20(18,19)15(4)13(2,3)12(16)17/h5-7H,1-4H3,(H,16,17). The summed E-state index contributed by atoms with van der Waals surface area (Å²) in [5, 5.41) is 17.9. The average molecular weight is 296 g/mol. The van der Waals surface area contributed by atoms with Gasteiger partial charge in [-0.25, -0.2) is 8.42 Å². The fraction of sp³-hybridized carbons (Fsp3) is 0.385. The second-order valence-electron chi connectivity index (χ2n) is 4.93. The van der Waals surface area contributed by atoms with Gasteiger partial charge in [-0.15, -0.1) is 0 Å². The summed E-state index contributed by atoms with van der Waals surface area (Å²) in [7, 11) is -2.73. The number of hydrogen-bond acceptors (Lipinski definition) is 4. The van der Waals surface area contributed by atoms with Gasteiger partial charge in [-0.3, -0.25) is 4.79 Å². The Morgan fingerprint density at radius 2 is 1.95 bits per heavy atom. The first-order valence-corrected chi connectivity index (χ1v) is 7.22. The SMILES string of the molecule is Cc1cc(S(=O)(=O)N(C)C(C)(C)C(=O)O)ccc1C#N. The van der Waals surface area contributed by atoms with E-state index < -0.39 is 21.5 Å². The minimum atomic E-state index is -3.95. The van der Waals surface area contributed by atoms with E-state index in [0.717, 1.165) is 4.31 Å². The van der Waals surface area contributed by atoms with Crippen molar-refractivity contribution in [2.24, 2.45) is 0 Å². The molecule has 0 unspecified atom stereocenters. The van der Waals surface area contributed by atoms with E-state index in [2.05, 4.69) is 0 Å². The monoisotopic (exact) mass is 296 g/mol. The van der Waals surface area contributed by atoms with Crippen molar-refractivity contribution in [3.8, 4) is 6.07 Å². The summed E-state index contributed by atoms with van der Waals surface area (Å²) in [5.41, 5.74) is -0.667. The van der Waals surface area contributed by atoms with E-state index in [1.54, 1.807) is 6.92 Å². The number of nitriles is 1. The highest BCUT2D eigenvalue weighted by Gasteiger charge is 2.40. The van der Waals surface area contributed by atoms with Crippen molar-refractivity contribution in [1.82, 2.24) is 4.31 Å². The summed E-state index contributed by atoms with van der Waals surface area (Å²) < 4.78 is 25.6. The zero-order valence-corrected chi connectivity index (χ0v) is 12.5. The molecule has 0 fully saturated rings. The fourth-order valence-electron chi connectivity index (χ4n) is 1.52. The lowest BCUT2D eigenvalue weighted by atomic mass is 10.1. The van der Waals surface area contributed by atoms with Crippen LogP contribution in [-0.2, 0) is 14.8 Å². The molecule has 0 amide bonds. The van der Waals surface area contributed by atoms with Crippen LogP contribution in [0.25, 0.3) is 0 Å². The van der Waals surface area contributed by atoms with Gasteiger partial charge < -0.3 is 5.11 Å². The Morgan fingerprint density at radius 1 is 1.40 bits per heavy atom. The number of aryl methyl sites for hydroxylation is 1. The Bertz CT molecular complexity index is 687. The smallest absolute Gasteiger partial charge is 0.324 e. The molecule has 0 aliphatic carbocycles. The molecule has 1 aromatic carbocycles. The van der Waals surface area contributed by atoms with Crippen molar-refractivity contribution in [2.45, 2.75) is 31.2 Å². The molecule has 1 rings (SSSR count). The summed E-state index contributed by atoms with van der Waals surface area (Å²) in [5.74, 6) is -1.24. The van der Waals surface area contributed by atoms with Crippen LogP contribution in [0.3, 0.4) is 0 Å². The first-order valence-electron chi connectivity index (χ1n) is 5.78. The van der Waals surface area contributed by atoms with Crippen LogP contribution >= 0.6 is 0 Å². The lowest BCUT2D eigenvalue weighted by Gasteiger charge is -2.30. The first kappa shape index (κ1) is 16.1. The van der Waals surface area contributed by atoms with Crippen molar-refractivity contribution >= 4 is 16.0 Å². The molecule has 0 aliphatic heterocycles. The highest BCUT2D eigenvalue weighted by atomic mass is 32.2. The molecule has 108 valence electrons. The Balaban J connectivity index is 3.35. The quantitative estimate of drug-likeness (QED) is 0.904. The molecular weight excluding hydrogens is 280 g/mol. The lowest BCUT2D eigenvalue weighted by Crippen LogP contribution is -2.50. The van der Waals surface area contributed by atoms with E-state index in [9.17, 15) is 13.2 Å². The molecule has 7 heteroatoms. The third-order valence-corrected chi connectivity index (χ3v) is 5.31. The van der Waals surface area contributed by atoms with Crippen LogP contribution in [0.5, 0.6) is 0 Å². The number of likely N-dealkylation sites (N-methyl/N-ethyl adjacent to an activating group) is 1. The zero-order valence-electron chi connectivity index (χ0n) is 11.7. The van der Waals surface area contributed by atoms with Crippen molar-refractivity contribution in [3.05, 3.63) is 29.3 Å². The fourth-order valence-corrected chi connectivity index (χ4v) is 3.08. The summed E-state index contributed by atoms with van der Waals surface area (Å²) in [4.78, 5) is 11.1. The first-order chi connectivity index (χ1) is 9.05. The van der Waals surface area contributed by atoms with Gasteiger partial charge in [-0.2, -0.15) is 9.57 Å². The van der Waals surface area contributed by atoms with E-state index in [0.29, 0.717) is 11.1 Å². The Morgan fingerprint density at radius 3 is 2.35 bits per heavy atom. The summed E-state index contributed by atoms with van der Waals surface area (Å²) in [6.45, 7) is 4.24. The topological polar surface area (TPSA) is 98.5 Å². The number of benzene rings is 1. The van der Waals surface area contributed by atoms with E-state index >= 15 is 0 Å². The maximum atomic E-state index is 12.4. The molecule has 0 heterocycles. The van der Waals surface area contributed by atoms with Gasteiger partial charge >= 0.3 is 5.97 Å². The highest BCUT2D eigenvalue weighted by Crippen LogP contribution is 2.24. The summed E-state index contributed by atoms with van der Waals surface area (Å²) in [6.07, 6.45) is 0. The maximum Gasteiger partial charge on any atom is 0.324 e. The molecule has 0 aliphatic rings. The van der Waals surface area contributed by atoms with Crippen LogP contribution in [0, 0.1) is 18.3 Å². The largest absolute Gasteiger partial charge is 0.480 e. The van der Waals surface area contributed by atoms with Crippen molar-refractivity contribution in [2.75, 3.05) is 7.05 Å². The molecule has 1 aromatic rings. The number of nitrogens with zero attached hydrogens (tertiary/aromatic N) is 2. The normalized spacial score (nSPS) is 12.2. The van der Waals surface area contributed by atoms with Crippen LogP contribution in [0.15, 0.2) is 23.1 Å². The van der Waals surface area contributed by atoms with Gasteiger partial charge in [0.05, 0.1) is 16.5 Å². The second-order valence-corrected chi connectivity index (χ2v) is 6.89. The van der Waals surface area contributed by atoms with Crippen molar-refractivity contribution in [3.63, 3.8) is 0 Å². The zero-order chi connectivity index (χ0) is 15.7. The van der Waals surface area contributed by atoms with E-state index in [1.165, 1.54) is 39.1 Å². The number of aliphatic carboxylic acids is 1. The number of carboxylic acid groups (broad SMARTS) is 1. The van der Waals surface area contributed by atoms with E-state index in [1.807, 2.05) is 6.07 Å². The van der Waals surface area contributed by atoms with Gasteiger partial charge in [0.15, 0.2) is 0 Å². The average Bonchev–Trinajstić information content (AvgIpc) is 2.37. The van der Waals surface area contributed by atoms with Gasteiger partial charge in [-0.1, -0.05) is 0 Å². The van der Waals surface area contributed by atoms with Gasteiger partial charge in [0.25, 0.3) is 0 Å². The maximum absolute atomic E-state index is 12.4. The minimum Gasteiger partial charge on any atom is -0.480 e. The third kappa shape index (κ3) is 2.66. The van der Waals surface area contributed by atoms with Crippen LogP contribution in [0.4, 0.5) is 0 Å². The number of sulfonamides is 1. The van der Waals surface area contributed by atoms with Crippen LogP contribution in [-0.4, -0.2) is 36.4 Å². The van der Waals surface area contributed by atoms with Crippen LogP contribution < -0.4 is 0 Å². The van der Waals surface area contributed by atoms with Gasteiger partial charge in [0.2, 0.25) is 10.0 Å². The number of hydrogen-bond donors (Lipinski definition) is 1. The summed E-state index contributed by atoms with van der Waals surface area (Å²) in [6, 6.07) is 6.02. The van der Waals surface area contributed by atoms with Crippen LogP contribution in [0.1, 0.15) is 25.0 Å². The van der Waals surface area contributed by atoms with Gasteiger partial charge in [0.1, 0.15) is 5.54 Å². The van der Waals surface area contributed by atoms with E-state index in [4.69, 9.17) is 10.4 Å². The molecule has 20 heavy (non-hydrogen) atoms. The number of rotatable bonds is 4. The molecule has 0 atom stereocenters. The predicted octanol–water partition coefficient (Wildman–Crippen LogP) is 1.35. The molecule has 0 saturated heterocycles. The van der Waals surface area contributed by atoms with Crippen molar-refractivity contribution < 1.29 is 18.3 Å². The molecule has 1 N–H and O–H groups in total. The van der Waals surface area contributed by atoms with Gasteiger partial charge in [0, 0.05) is 7.05 Å².